The van der Waals surface area contributed by atoms with Crippen LogP contribution in [0, 0.1) is 3.57 Å². The predicted octanol–water partition coefficient (Wildman–Crippen LogP) is 6.11. The molecule has 0 fully saturated rings. The summed E-state index contributed by atoms with van der Waals surface area (Å²) in [6.45, 7) is 8.80. The van der Waals surface area contributed by atoms with E-state index < -0.39 is 72.4 Å². The van der Waals surface area contributed by atoms with Crippen LogP contribution in [0.4, 0.5) is 9.59 Å². The largest absolute Gasteiger partial charge is 0.497 e. The summed E-state index contributed by atoms with van der Waals surface area (Å²) in [5.74, 6) is 1.65. The lowest BCUT2D eigenvalue weighted by Gasteiger charge is -2.27. The Balaban J connectivity index is 1.70. The lowest BCUT2D eigenvalue weighted by Crippen LogP contribution is -2.51. The Hall–Kier alpha value is -5.56. The highest BCUT2D eigenvalue weighted by Crippen LogP contribution is 2.38. The second-order valence-electron chi connectivity index (χ2n) is 16.8. The second-order valence-corrected chi connectivity index (χ2v) is 21.5. The van der Waals surface area contributed by atoms with Crippen molar-refractivity contribution >= 4 is 54.8 Å². The Kier molecular flexibility index (Phi) is 17.0. The van der Waals surface area contributed by atoms with Gasteiger partial charge in [-0.1, -0.05) is 36.4 Å². The second kappa shape index (κ2) is 21.8. The molecule has 2 amide bonds. The summed E-state index contributed by atoms with van der Waals surface area (Å²) in [6.07, 6.45) is -1.72. The Morgan fingerprint density at radius 2 is 1.12 bits per heavy atom. The summed E-state index contributed by atoms with van der Waals surface area (Å²) in [4.78, 5) is 24.3. The van der Waals surface area contributed by atoms with Gasteiger partial charge in [0, 0.05) is 29.7 Å². The third kappa shape index (κ3) is 14.2. The van der Waals surface area contributed by atoms with Crippen LogP contribution < -0.4 is 29.6 Å². The number of hydrogen-bond acceptors (Lipinski definition) is 14. The molecule has 0 saturated heterocycles. The lowest BCUT2D eigenvalue weighted by molar-refractivity contribution is 0.0517. The van der Waals surface area contributed by atoms with Crippen molar-refractivity contribution in [2.45, 2.75) is 88.2 Å². The normalized spacial score (nSPS) is 12.2. The van der Waals surface area contributed by atoms with E-state index in [0.717, 1.165) is 9.87 Å². The highest BCUT2D eigenvalue weighted by Gasteiger charge is 2.38. The molecule has 0 spiro atoms. The van der Waals surface area contributed by atoms with E-state index in [4.69, 9.17) is 23.7 Å². The number of nitrogens with zero attached hydrogens (tertiary/aromatic N) is 5. The fraction of sp³-hybridized carbons (Fsp3) is 0.386. The maximum atomic E-state index is 15.8. The first-order chi connectivity index (χ1) is 31.0. The zero-order chi connectivity index (χ0) is 48.5. The van der Waals surface area contributed by atoms with Gasteiger partial charge < -0.3 is 34.3 Å². The highest BCUT2D eigenvalue weighted by atomic mass is 127. The van der Waals surface area contributed by atoms with Crippen molar-refractivity contribution in [2.75, 3.05) is 34.4 Å². The van der Waals surface area contributed by atoms with Crippen molar-refractivity contribution in [3.05, 3.63) is 105 Å². The third-order valence-corrected chi connectivity index (χ3v) is 13.8. The fourth-order valence-electron chi connectivity index (χ4n) is 6.31. The molecule has 0 radical (unpaired) electrons. The van der Waals surface area contributed by atoms with Gasteiger partial charge in [0.05, 0.1) is 39.5 Å². The Morgan fingerprint density at radius 3 is 1.55 bits per heavy atom. The smallest absolute Gasteiger partial charge is 0.407 e. The van der Waals surface area contributed by atoms with Crippen LogP contribution in [0.1, 0.15) is 58.2 Å². The summed E-state index contributed by atoms with van der Waals surface area (Å²) in [5.41, 5.74) is -0.0154. The van der Waals surface area contributed by atoms with Gasteiger partial charge in [0.1, 0.15) is 38.2 Å². The molecule has 1 aromatic heterocycles. The van der Waals surface area contributed by atoms with Crippen molar-refractivity contribution < 1.29 is 50.1 Å². The number of methoxy groups -OCH3 is 3. The van der Waals surface area contributed by atoms with E-state index in [1.165, 1.54) is 38.1 Å². The molecular formula is C44H55IN8O11S2. The van der Waals surface area contributed by atoms with E-state index in [1.54, 1.807) is 114 Å². The van der Waals surface area contributed by atoms with Crippen molar-refractivity contribution in [3.8, 4) is 28.6 Å². The fourth-order valence-corrected chi connectivity index (χ4v) is 10.8. The number of amides is 2. The zero-order valence-electron chi connectivity index (χ0n) is 38.1. The van der Waals surface area contributed by atoms with Crippen LogP contribution >= 0.6 is 22.6 Å². The molecule has 4 aromatic carbocycles. The molecule has 0 aliphatic rings. The number of aromatic nitrogens is 4. The van der Waals surface area contributed by atoms with Crippen molar-refractivity contribution in [2.24, 2.45) is 0 Å². The van der Waals surface area contributed by atoms with Crippen LogP contribution in [0.3, 0.4) is 0 Å². The van der Waals surface area contributed by atoms with Crippen molar-refractivity contribution in [3.63, 3.8) is 0 Å². The summed E-state index contributed by atoms with van der Waals surface area (Å²) in [6, 6.07) is 22.0. The van der Waals surface area contributed by atoms with E-state index in [2.05, 4.69) is 30.9 Å². The van der Waals surface area contributed by atoms with E-state index in [1.807, 2.05) is 22.6 Å². The average molecular weight is 1060 g/mol. The number of alkyl carbamates (subject to hydrolysis) is 2. The number of sulfonamides is 2. The van der Waals surface area contributed by atoms with Crippen molar-refractivity contribution in [1.29, 1.82) is 0 Å². The highest BCUT2D eigenvalue weighted by molar-refractivity contribution is 14.1. The van der Waals surface area contributed by atoms with Gasteiger partial charge in [-0.2, -0.15) is 4.31 Å². The molecule has 5 rings (SSSR count). The van der Waals surface area contributed by atoms with Crippen LogP contribution in [-0.4, -0.2) is 105 Å². The quantitative estimate of drug-likeness (QED) is 0.0793. The first-order valence-corrected chi connectivity index (χ1v) is 24.5. The van der Waals surface area contributed by atoms with Gasteiger partial charge >= 0.3 is 12.2 Å². The number of hydrogen-bond donors (Lipinski definition) is 3. The maximum absolute atomic E-state index is 15.8. The van der Waals surface area contributed by atoms with Gasteiger partial charge in [-0.25, -0.2) is 35.8 Å². The predicted molar refractivity (Wildman–Crippen MR) is 253 cm³/mol. The van der Waals surface area contributed by atoms with E-state index in [0.29, 0.717) is 31.9 Å². The summed E-state index contributed by atoms with van der Waals surface area (Å²) >= 11 is 1.93. The molecule has 66 heavy (non-hydrogen) atoms. The summed E-state index contributed by atoms with van der Waals surface area (Å²) in [7, 11) is -5.26. The molecule has 5 aromatic rings. The first-order valence-electron chi connectivity index (χ1n) is 20.5. The van der Waals surface area contributed by atoms with Crippen LogP contribution in [0.25, 0.3) is 11.4 Å². The molecule has 0 atom stereocenters. The Labute approximate surface area is 399 Å². The van der Waals surface area contributed by atoms with Crippen LogP contribution in [0.15, 0.2) is 94.7 Å². The SMILES string of the molecule is COc1ccc(CN(Cc2ccc(OC)cc2)S(=O)(=O)c2c(S(=O)(=O)NC(CNC(=O)OC(C)(C)C)CNC(=O)OC(C)(C)C)ccc(I)c2-c2nnnn2Cc2ccc(OC)cc2)cc1. The van der Waals surface area contributed by atoms with Gasteiger partial charge in [0.15, 0.2) is 5.82 Å². The standard InChI is InChI=1S/C44H55IN8O11S2/c1-43(2,3)63-41(54)46-24-32(25-47-42(55)64-44(4,5)6)49-65(56,57)37-23-22-36(45)38(40-48-50-51-53(40)28-31-14-20-35(62-9)21-15-31)39(37)66(58,59)52(26-29-10-16-33(60-7)17-11-29)27-30-12-18-34(61-8)19-13-30/h10-23,32,49H,24-28H2,1-9H3,(H,46,54)(H,47,55). The molecule has 0 aliphatic carbocycles. The van der Waals surface area contributed by atoms with Gasteiger partial charge in [0.2, 0.25) is 20.0 Å². The molecule has 19 nitrogen and oxygen atoms in total. The number of nitrogens with one attached hydrogen (secondary N) is 3. The number of benzene rings is 4. The monoisotopic (exact) mass is 1060 g/mol. The molecule has 22 heteroatoms. The zero-order valence-corrected chi connectivity index (χ0v) is 41.9. The molecule has 356 valence electrons. The number of rotatable bonds is 19. The summed E-state index contributed by atoms with van der Waals surface area (Å²) < 4.78 is 93.7. The number of ether oxygens (including phenoxy) is 5. The van der Waals surface area contributed by atoms with Crippen LogP contribution in [0.2, 0.25) is 0 Å². The minimum atomic E-state index is -4.91. The number of tetrazole rings is 1. The first kappa shape index (κ1) is 51.4. The lowest BCUT2D eigenvalue weighted by atomic mass is 10.2. The topological polar surface area (TPSA) is 231 Å². The molecule has 0 bridgehead atoms. The van der Waals surface area contributed by atoms with E-state index >= 15 is 16.8 Å². The summed E-state index contributed by atoms with van der Waals surface area (Å²) in [5, 5.41) is 17.5. The van der Waals surface area contributed by atoms with Gasteiger partial charge in [-0.3, -0.25) is 0 Å². The molecular weight excluding hydrogens is 1010 g/mol. The van der Waals surface area contributed by atoms with Crippen molar-refractivity contribution in [1.82, 2.24) is 39.9 Å². The Morgan fingerprint density at radius 1 is 0.682 bits per heavy atom. The minimum Gasteiger partial charge on any atom is -0.497 e. The van der Waals surface area contributed by atoms with E-state index in [-0.39, 0.29) is 31.0 Å². The van der Waals surface area contributed by atoms with Crippen LogP contribution in [0.5, 0.6) is 17.2 Å². The van der Waals surface area contributed by atoms with Crippen LogP contribution in [-0.2, 0) is 49.2 Å². The van der Waals surface area contributed by atoms with Gasteiger partial charge in [-0.05, 0) is 140 Å². The minimum absolute atomic E-state index is 0.0468. The molecule has 1 heterocycles. The number of carbonyl (C=O) groups excluding carboxylic acids is 2. The molecule has 0 aliphatic heterocycles. The molecule has 3 N–H and O–H groups in total. The maximum Gasteiger partial charge on any atom is 0.407 e. The van der Waals surface area contributed by atoms with Gasteiger partial charge in [-0.15, -0.1) is 5.10 Å². The Bertz CT molecular complexity index is 2590. The average Bonchev–Trinajstić information content (AvgIpc) is 3.71. The number of halogens is 1. The molecule has 0 unspecified atom stereocenters. The number of carbonyl (C=O) groups is 2. The molecule has 0 saturated carbocycles. The van der Waals surface area contributed by atoms with E-state index in [9.17, 15) is 9.59 Å². The van der Waals surface area contributed by atoms with Gasteiger partial charge in [0.25, 0.3) is 0 Å². The third-order valence-electron chi connectivity index (χ3n) is 9.35.